The molecule has 2 atom stereocenters. The largest absolute Gasteiger partial charge is 0.390 e. The summed E-state index contributed by atoms with van der Waals surface area (Å²) in [6, 6.07) is 4.03. The molecule has 0 radical (unpaired) electrons. The van der Waals surface area contributed by atoms with Crippen molar-refractivity contribution < 1.29 is 21.9 Å². The molecule has 0 bridgehead atoms. The summed E-state index contributed by atoms with van der Waals surface area (Å²) >= 11 is 5.82. The molecule has 0 spiro atoms. The molecular formula is C13H19ClN2O5S2. The maximum absolute atomic E-state index is 12.2. The average molecular weight is 383 g/mol. The number of hydrogen-bond acceptors (Lipinski definition) is 6. The summed E-state index contributed by atoms with van der Waals surface area (Å²) in [5, 5.41) is 12.8. The summed E-state index contributed by atoms with van der Waals surface area (Å²) in [4.78, 5) is 0.105. The highest BCUT2D eigenvalue weighted by Crippen LogP contribution is 2.19. The molecule has 2 rings (SSSR count). The third-order valence-corrected chi connectivity index (χ3v) is 7.14. The number of nitrogens with one attached hydrogen (secondary N) is 2. The number of sulfone groups is 1. The van der Waals surface area contributed by atoms with Gasteiger partial charge in [0.15, 0.2) is 9.84 Å². The van der Waals surface area contributed by atoms with Crippen LogP contribution in [-0.4, -0.2) is 58.7 Å². The van der Waals surface area contributed by atoms with E-state index in [0.717, 1.165) is 0 Å². The van der Waals surface area contributed by atoms with Crippen LogP contribution in [0.3, 0.4) is 0 Å². The predicted octanol–water partition coefficient (Wildman–Crippen LogP) is -0.326. The number of aryl methyl sites for hydroxylation is 1. The fourth-order valence-corrected chi connectivity index (χ4v) is 5.72. The van der Waals surface area contributed by atoms with Crippen LogP contribution in [0, 0.1) is 6.92 Å². The molecule has 0 aromatic heterocycles. The second-order valence-corrected chi connectivity index (χ2v) is 9.84. The van der Waals surface area contributed by atoms with Crippen molar-refractivity contribution in [3.63, 3.8) is 0 Å². The number of hydrogen-bond donors (Lipinski definition) is 3. The molecule has 1 fully saturated rings. The molecule has 0 unspecified atom stereocenters. The lowest BCUT2D eigenvalue weighted by molar-refractivity contribution is 0.166. The third kappa shape index (κ3) is 4.88. The van der Waals surface area contributed by atoms with Gasteiger partial charge in [-0.15, -0.1) is 0 Å². The van der Waals surface area contributed by atoms with E-state index in [1.807, 2.05) is 0 Å². The number of rotatable bonds is 6. The number of aliphatic hydroxyl groups is 1. The highest BCUT2D eigenvalue weighted by molar-refractivity contribution is 7.91. The van der Waals surface area contributed by atoms with Crippen molar-refractivity contribution >= 4 is 31.5 Å². The van der Waals surface area contributed by atoms with E-state index in [1.54, 1.807) is 19.1 Å². The molecule has 1 aliphatic heterocycles. The van der Waals surface area contributed by atoms with E-state index in [4.69, 9.17) is 11.6 Å². The van der Waals surface area contributed by atoms with Gasteiger partial charge in [0.2, 0.25) is 10.0 Å². The predicted molar refractivity (Wildman–Crippen MR) is 87.8 cm³/mol. The lowest BCUT2D eigenvalue weighted by Gasteiger charge is -2.15. The second-order valence-electron chi connectivity index (χ2n) is 5.51. The van der Waals surface area contributed by atoms with Gasteiger partial charge in [-0.2, -0.15) is 0 Å². The van der Waals surface area contributed by atoms with Crippen molar-refractivity contribution in [3.8, 4) is 0 Å². The van der Waals surface area contributed by atoms with Gasteiger partial charge < -0.3 is 10.4 Å². The monoisotopic (exact) mass is 382 g/mol. The average Bonchev–Trinajstić information content (AvgIpc) is 2.70. The Balaban J connectivity index is 1.90. The fourth-order valence-electron chi connectivity index (χ4n) is 2.41. The lowest BCUT2D eigenvalue weighted by atomic mass is 10.2. The van der Waals surface area contributed by atoms with Crippen LogP contribution in [0.25, 0.3) is 0 Å². The quantitative estimate of drug-likeness (QED) is 0.581. The van der Waals surface area contributed by atoms with Crippen LogP contribution < -0.4 is 10.0 Å². The van der Waals surface area contributed by atoms with Gasteiger partial charge in [-0.25, -0.2) is 21.6 Å². The molecule has 0 saturated carbocycles. The van der Waals surface area contributed by atoms with Crippen LogP contribution in [0.1, 0.15) is 5.56 Å². The molecule has 1 aromatic rings. The molecule has 130 valence electrons. The molecule has 3 N–H and O–H groups in total. The van der Waals surface area contributed by atoms with E-state index in [9.17, 15) is 21.9 Å². The molecule has 1 heterocycles. The summed E-state index contributed by atoms with van der Waals surface area (Å²) < 4.78 is 49.6. The maximum Gasteiger partial charge on any atom is 0.240 e. The standard InChI is InChI=1S/C13H19ClN2O5S2/c1-9-2-3-10(14)6-13(9)23(20,21)16-5-4-15-11-7-22(18,19)8-12(11)17/h2-3,6,11-12,15-17H,4-5,7-8H2,1H3/t11-,12+/m1/s1. The first-order valence-electron chi connectivity index (χ1n) is 6.98. The van der Waals surface area contributed by atoms with Gasteiger partial charge in [0.25, 0.3) is 0 Å². The highest BCUT2D eigenvalue weighted by Gasteiger charge is 2.35. The minimum Gasteiger partial charge on any atom is -0.390 e. The fraction of sp³-hybridized carbons (Fsp3) is 0.538. The van der Waals surface area contributed by atoms with Gasteiger partial charge in [0.1, 0.15) is 0 Å². The van der Waals surface area contributed by atoms with E-state index in [2.05, 4.69) is 10.0 Å². The zero-order valence-corrected chi connectivity index (χ0v) is 14.9. The zero-order chi connectivity index (χ0) is 17.3. The van der Waals surface area contributed by atoms with Crippen molar-refractivity contribution in [2.24, 2.45) is 0 Å². The molecular weight excluding hydrogens is 364 g/mol. The van der Waals surface area contributed by atoms with Gasteiger partial charge in [-0.1, -0.05) is 17.7 Å². The Kier molecular flexibility index (Phi) is 5.70. The smallest absolute Gasteiger partial charge is 0.240 e. The SMILES string of the molecule is Cc1ccc(Cl)cc1S(=O)(=O)NCCN[C@@H]1CS(=O)(=O)C[C@@H]1O. The topological polar surface area (TPSA) is 113 Å². The number of aliphatic hydroxyl groups excluding tert-OH is 1. The zero-order valence-electron chi connectivity index (χ0n) is 12.5. The van der Waals surface area contributed by atoms with E-state index >= 15 is 0 Å². The van der Waals surface area contributed by atoms with Crippen LogP contribution in [0.15, 0.2) is 23.1 Å². The Hall–Kier alpha value is -0.710. The summed E-state index contributed by atoms with van der Waals surface area (Å²) in [5.74, 6) is -0.410. The van der Waals surface area contributed by atoms with Crippen molar-refractivity contribution in [1.82, 2.24) is 10.0 Å². The second kappa shape index (κ2) is 7.04. The number of benzene rings is 1. The van der Waals surface area contributed by atoms with Crippen LogP contribution >= 0.6 is 11.6 Å². The Morgan fingerprint density at radius 1 is 1.30 bits per heavy atom. The van der Waals surface area contributed by atoms with Crippen molar-refractivity contribution in [2.75, 3.05) is 24.6 Å². The minimum atomic E-state index is -3.70. The van der Waals surface area contributed by atoms with Crippen LogP contribution in [0.4, 0.5) is 0 Å². The van der Waals surface area contributed by atoms with E-state index in [-0.39, 0.29) is 29.5 Å². The summed E-state index contributed by atoms with van der Waals surface area (Å²) in [6.45, 7) is 1.94. The van der Waals surface area contributed by atoms with E-state index in [0.29, 0.717) is 10.6 Å². The van der Waals surface area contributed by atoms with Crippen molar-refractivity contribution in [3.05, 3.63) is 28.8 Å². The minimum absolute atomic E-state index is 0.0670. The van der Waals surface area contributed by atoms with Gasteiger partial charge in [0, 0.05) is 24.2 Å². The van der Waals surface area contributed by atoms with Crippen molar-refractivity contribution in [2.45, 2.75) is 24.0 Å². The first-order valence-corrected chi connectivity index (χ1v) is 10.7. The summed E-state index contributed by atoms with van der Waals surface area (Å²) in [5.41, 5.74) is 0.576. The van der Waals surface area contributed by atoms with E-state index in [1.165, 1.54) is 6.07 Å². The summed E-state index contributed by atoms with van der Waals surface area (Å²) in [7, 11) is -6.93. The molecule has 0 aliphatic carbocycles. The number of sulfonamides is 1. The highest BCUT2D eigenvalue weighted by atomic mass is 35.5. The molecule has 1 saturated heterocycles. The Morgan fingerprint density at radius 3 is 2.61 bits per heavy atom. The van der Waals surface area contributed by atoms with Crippen LogP contribution in [-0.2, 0) is 19.9 Å². The van der Waals surface area contributed by atoms with Gasteiger partial charge in [-0.05, 0) is 24.6 Å². The first-order chi connectivity index (χ1) is 10.6. The lowest BCUT2D eigenvalue weighted by Crippen LogP contribution is -2.42. The van der Waals surface area contributed by atoms with Crippen LogP contribution in [0.5, 0.6) is 0 Å². The molecule has 0 amide bonds. The Bertz CT molecular complexity index is 780. The van der Waals surface area contributed by atoms with Crippen molar-refractivity contribution in [1.29, 1.82) is 0 Å². The molecule has 23 heavy (non-hydrogen) atoms. The molecule has 10 heteroatoms. The maximum atomic E-state index is 12.2. The normalized spacial score (nSPS) is 24.0. The third-order valence-electron chi connectivity index (χ3n) is 3.59. The molecule has 1 aliphatic rings. The van der Waals surface area contributed by atoms with Gasteiger partial charge in [0.05, 0.1) is 22.5 Å². The van der Waals surface area contributed by atoms with Gasteiger partial charge in [-0.3, -0.25) is 0 Å². The van der Waals surface area contributed by atoms with E-state index < -0.39 is 32.0 Å². The Morgan fingerprint density at radius 2 is 2.00 bits per heavy atom. The number of halogens is 1. The Labute approximate surface area is 141 Å². The first kappa shape index (κ1) is 18.6. The molecule has 7 nitrogen and oxygen atoms in total. The van der Waals surface area contributed by atoms with Gasteiger partial charge >= 0.3 is 0 Å². The molecule has 1 aromatic carbocycles. The van der Waals surface area contributed by atoms with Crippen LogP contribution in [0.2, 0.25) is 5.02 Å². The summed E-state index contributed by atoms with van der Waals surface area (Å²) in [6.07, 6.45) is -0.966.